The number of nitrogens with zero attached hydrogens (tertiary/aromatic N) is 1. The van der Waals surface area contributed by atoms with Gasteiger partial charge in [0.15, 0.2) is 0 Å². The fourth-order valence-electron chi connectivity index (χ4n) is 2.87. The van der Waals surface area contributed by atoms with Crippen molar-refractivity contribution >= 4 is 11.8 Å². The molecule has 0 aromatic heterocycles. The molecule has 1 unspecified atom stereocenters. The molecule has 2 aliphatic rings. The van der Waals surface area contributed by atoms with Crippen molar-refractivity contribution in [1.29, 1.82) is 0 Å². The fraction of sp³-hybridized carbons (Fsp3) is 0.818. The summed E-state index contributed by atoms with van der Waals surface area (Å²) in [6.45, 7) is 4.09. The van der Waals surface area contributed by atoms with Crippen LogP contribution in [0.2, 0.25) is 0 Å². The molecule has 1 aliphatic heterocycles. The van der Waals surface area contributed by atoms with Gasteiger partial charge in [-0.05, 0) is 26.7 Å². The highest BCUT2D eigenvalue weighted by Crippen LogP contribution is 2.36. The normalized spacial score (nSPS) is 30.5. The Morgan fingerprint density at radius 2 is 1.93 bits per heavy atom. The highest BCUT2D eigenvalue weighted by Gasteiger charge is 2.44. The number of amides is 2. The lowest BCUT2D eigenvalue weighted by molar-refractivity contribution is -0.151. The van der Waals surface area contributed by atoms with Gasteiger partial charge in [0.1, 0.15) is 6.04 Å². The lowest BCUT2D eigenvalue weighted by Gasteiger charge is -2.44. The molecule has 0 aromatic carbocycles. The minimum atomic E-state index is -0.311. The minimum absolute atomic E-state index is 0.0253. The van der Waals surface area contributed by atoms with Crippen molar-refractivity contribution in [3.8, 4) is 0 Å². The largest absolute Gasteiger partial charge is 0.345 e. The number of carbonyl (C=O) groups excluding carboxylic acids is 2. The van der Waals surface area contributed by atoms with Crippen LogP contribution in [-0.4, -0.2) is 34.8 Å². The molecule has 1 saturated carbocycles. The Bertz CT molecular complexity index is 295. The van der Waals surface area contributed by atoms with Crippen molar-refractivity contribution in [3.05, 3.63) is 0 Å². The van der Waals surface area contributed by atoms with E-state index in [0.29, 0.717) is 0 Å². The van der Waals surface area contributed by atoms with E-state index in [1.165, 1.54) is 0 Å². The third-order valence-corrected chi connectivity index (χ3v) is 3.71. The van der Waals surface area contributed by atoms with Gasteiger partial charge in [0.2, 0.25) is 11.8 Å². The number of hydrogen-bond acceptors (Lipinski definition) is 2. The average Bonchev–Trinajstić information content (AvgIpc) is 2.60. The zero-order valence-electron chi connectivity index (χ0n) is 9.38. The van der Waals surface area contributed by atoms with Crippen LogP contribution in [0, 0.1) is 0 Å². The van der Waals surface area contributed by atoms with Crippen molar-refractivity contribution in [2.75, 3.05) is 6.54 Å². The molecule has 0 bridgehead atoms. The quantitative estimate of drug-likeness (QED) is 0.691. The van der Waals surface area contributed by atoms with Gasteiger partial charge in [-0.25, -0.2) is 0 Å². The summed E-state index contributed by atoms with van der Waals surface area (Å²) in [7, 11) is 0. The summed E-state index contributed by atoms with van der Waals surface area (Å²) < 4.78 is 0. The van der Waals surface area contributed by atoms with Crippen LogP contribution in [0.4, 0.5) is 0 Å². The van der Waals surface area contributed by atoms with Gasteiger partial charge in [0.05, 0.1) is 6.54 Å². The Morgan fingerprint density at radius 3 is 2.53 bits per heavy atom. The first-order valence-electron chi connectivity index (χ1n) is 5.64. The molecular weight excluding hydrogens is 192 g/mol. The van der Waals surface area contributed by atoms with E-state index in [0.717, 1.165) is 25.7 Å². The zero-order valence-corrected chi connectivity index (χ0v) is 9.38. The Kier molecular flexibility index (Phi) is 2.44. The molecule has 2 fully saturated rings. The molecule has 0 radical (unpaired) electrons. The molecule has 2 rings (SSSR count). The van der Waals surface area contributed by atoms with E-state index in [1.54, 1.807) is 4.90 Å². The molecule has 2 amide bonds. The second kappa shape index (κ2) is 3.51. The average molecular weight is 210 g/mol. The summed E-state index contributed by atoms with van der Waals surface area (Å²) in [4.78, 5) is 25.2. The highest BCUT2D eigenvalue weighted by atomic mass is 16.2. The Balaban J connectivity index is 2.24. The summed E-state index contributed by atoms with van der Waals surface area (Å²) in [6.07, 6.45) is 4.37. The van der Waals surface area contributed by atoms with Gasteiger partial charge in [0, 0.05) is 5.54 Å². The lowest BCUT2D eigenvalue weighted by Crippen LogP contribution is -2.63. The molecule has 0 spiro atoms. The fourth-order valence-corrected chi connectivity index (χ4v) is 2.87. The molecule has 1 heterocycles. The first-order chi connectivity index (χ1) is 7.04. The zero-order chi connectivity index (χ0) is 11.1. The van der Waals surface area contributed by atoms with Gasteiger partial charge >= 0.3 is 0 Å². The molecule has 0 aromatic rings. The molecule has 1 aliphatic carbocycles. The topological polar surface area (TPSA) is 49.4 Å². The van der Waals surface area contributed by atoms with Crippen LogP contribution in [0.3, 0.4) is 0 Å². The van der Waals surface area contributed by atoms with E-state index in [1.807, 2.05) is 6.92 Å². The van der Waals surface area contributed by atoms with E-state index in [2.05, 4.69) is 12.2 Å². The molecule has 1 saturated heterocycles. The van der Waals surface area contributed by atoms with Crippen LogP contribution >= 0.6 is 0 Å². The predicted octanol–water partition coefficient (Wildman–Crippen LogP) is 0.666. The number of rotatable bonds is 1. The standard InChI is InChI=1S/C11H18N2O2/c1-8-10(15)12-7-9(14)13(8)11(2)5-3-4-6-11/h8H,3-7H2,1-2H3,(H,12,15). The summed E-state index contributed by atoms with van der Waals surface area (Å²) in [5, 5.41) is 2.62. The number of piperazine rings is 1. The first-order valence-corrected chi connectivity index (χ1v) is 5.64. The third-order valence-electron chi connectivity index (χ3n) is 3.71. The third kappa shape index (κ3) is 1.62. The van der Waals surface area contributed by atoms with Crippen LogP contribution < -0.4 is 5.32 Å². The highest BCUT2D eigenvalue weighted by molar-refractivity contribution is 5.95. The molecule has 1 atom stereocenters. The second-order valence-electron chi connectivity index (χ2n) is 4.86. The van der Waals surface area contributed by atoms with E-state index >= 15 is 0 Å². The van der Waals surface area contributed by atoms with Crippen molar-refractivity contribution in [2.24, 2.45) is 0 Å². The van der Waals surface area contributed by atoms with Gasteiger partial charge in [-0.1, -0.05) is 12.8 Å². The number of hydrogen-bond donors (Lipinski definition) is 1. The maximum absolute atomic E-state index is 11.9. The van der Waals surface area contributed by atoms with Crippen LogP contribution in [0.5, 0.6) is 0 Å². The van der Waals surface area contributed by atoms with Crippen molar-refractivity contribution in [2.45, 2.75) is 51.1 Å². The SMILES string of the molecule is CC1C(=O)NCC(=O)N1C1(C)CCCC1. The van der Waals surface area contributed by atoms with E-state index in [4.69, 9.17) is 0 Å². The Hall–Kier alpha value is -1.06. The van der Waals surface area contributed by atoms with Crippen LogP contribution in [0.15, 0.2) is 0 Å². The predicted molar refractivity (Wildman–Crippen MR) is 56.2 cm³/mol. The van der Waals surface area contributed by atoms with Crippen molar-refractivity contribution < 1.29 is 9.59 Å². The summed E-state index contributed by atoms with van der Waals surface area (Å²) in [6, 6.07) is -0.311. The smallest absolute Gasteiger partial charge is 0.243 e. The Labute approximate surface area is 90.0 Å². The lowest BCUT2D eigenvalue weighted by atomic mass is 9.94. The minimum Gasteiger partial charge on any atom is -0.345 e. The van der Waals surface area contributed by atoms with Gasteiger partial charge in [-0.3, -0.25) is 9.59 Å². The first kappa shape index (κ1) is 10.5. The van der Waals surface area contributed by atoms with Gasteiger partial charge in [-0.15, -0.1) is 0 Å². The van der Waals surface area contributed by atoms with Crippen LogP contribution in [-0.2, 0) is 9.59 Å². The second-order valence-corrected chi connectivity index (χ2v) is 4.86. The summed E-state index contributed by atoms with van der Waals surface area (Å²) in [5.74, 6) is 0.0363. The maximum Gasteiger partial charge on any atom is 0.243 e. The van der Waals surface area contributed by atoms with Crippen molar-refractivity contribution in [1.82, 2.24) is 10.2 Å². The van der Waals surface area contributed by atoms with Gasteiger partial charge < -0.3 is 10.2 Å². The van der Waals surface area contributed by atoms with Crippen LogP contribution in [0.25, 0.3) is 0 Å². The molecular formula is C11H18N2O2. The molecule has 4 heteroatoms. The number of carbonyl (C=O) groups is 2. The van der Waals surface area contributed by atoms with Gasteiger partial charge in [0.25, 0.3) is 0 Å². The monoisotopic (exact) mass is 210 g/mol. The van der Waals surface area contributed by atoms with E-state index in [9.17, 15) is 9.59 Å². The van der Waals surface area contributed by atoms with Crippen molar-refractivity contribution in [3.63, 3.8) is 0 Å². The van der Waals surface area contributed by atoms with Crippen LogP contribution in [0.1, 0.15) is 39.5 Å². The van der Waals surface area contributed by atoms with Gasteiger partial charge in [-0.2, -0.15) is 0 Å². The van der Waals surface area contributed by atoms with E-state index in [-0.39, 0.29) is 29.9 Å². The molecule has 84 valence electrons. The Morgan fingerprint density at radius 1 is 1.33 bits per heavy atom. The molecule has 15 heavy (non-hydrogen) atoms. The summed E-state index contributed by atoms with van der Waals surface area (Å²) in [5.41, 5.74) is -0.0890. The summed E-state index contributed by atoms with van der Waals surface area (Å²) >= 11 is 0. The molecule has 1 N–H and O–H groups in total. The maximum atomic E-state index is 11.9. The molecule has 4 nitrogen and oxygen atoms in total. The van der Waals surface area contributed by atoms with E-state index < -0.39 is 0 Å². The number of nitrogens with one attached hydrogen (secondary N) is 1.